The molecule has 108 valence electrons. The topological polar surface area (TPSA) is 63.4 Å². The van der Waals surface area contributed by atoms with Gasteiger partial charge in [-0.25, -0.2) is 0 Å². The standard InChI is InChI=1S/C15H26N2O2/c1-10(2)15(3)8-13(18)17(14(15)19)12(9-16)11-6-4-5-7-11/h10-12H,4-9,16H2,1-3H3. The molecule has 2 rings (SSSR count). The van der Waals surface area contributed by atoms with Crippen molar-refractivity contribution >= 4 is 11.8 Å². The van der Waals surface area contributed by atoms with E-state index in [2.05, 4.69) is 0 Å². The van der Waals surface area contributed by atoms with Crippen LogP contribution >= 0.6 is 0 Å². The maximum atomic E-state index is 12.7. The van der Waals surface area contributed by atoms with Crippen LogP contribution in [-0.4, -0.2) is 29.3 Å². The van der Waals surface area contributed by atoms with Crippen LogP contribution < -0.4 is 5.73 Å². The van der Waals surface area contributed by atoms with Crippen molar-refractivity contribution in [1.29, 1.82) is 0 Å². The van der Waals surface area contributed by atoms with Gasteiger partial charge < -0.3 is 5.73 Å². The highest BCUT2D eigenvalue weighted by Crippen LogP contribution is 2.42. The fourth-order valence-electron chi connectivity index (χ4n) is 3.50. The van der Waals surface area contributed by atoms with Gasteiger partial charge in [-0.1, -0.05) is 26.7 Å². The second kappa shape index (κ2) is 5.23. The van der Waals surface area contributed by atoms with Crippen LogP contribution in [0.5, 0.6) is 0 Å². The third-order valence-electron chi connectivity index (χ3n) is 5.29. The van der Waals surface area contributed by atoms with Gasteiger partial charge in [-0.3, -0.25) is 14.5 Å². The smallest absolute Gasteiger partial charge is 0.236 e. The molecule has 2 fully saturated rings. The van der Waals surface area contributed by atoms with Gasteiger partial charge in [0.15, 0.2) is 0 Å². The zero-order valence-electron chi connectivity index (χ0n) is 12.3. The fourth-order valence-corrected chi connectivity index (χ4v) is 3.50. The normalized spacial score (nSPS) is 30.7. The van der Waals surface area contributed by atoms with E-state index < -0.39 is 5.41 Å². The summed E-state index contributed by atoms with van der Waals surface area (Å²) >= 11 is 0. The maximum Gasteiger partial charge on any atom is 0.236 e. The van der Waals surface area contributed by atoms with Crippen molar-refractivity contribution in [3.05, 3.63) is 0 Å². The van der Waals surface area contributed by atoms with Gasteiger partial charge >= 0.3 is 0 Å². The molecule has 1 aliphatic heterocycles. The monoisotopic (exact) mass is 266 g/mol. The summed E-state index contributed by atoms with van der Waals surface area (Å²) in [6.07, 6.45) is 4.92. The molecule has 19 heavy (non-hydrogen) atoms. The SMILES string of the molecule is CC(C)C1(C)CC(=O)N(C(CN)C2CCCC2)C1=O. The lowest BCUT2D eigenvalue weighted by atomic mass is 9.77. The second-order valence-corrected chi connectivity index (χ2v) is 6.67. The Kier molecular flexibility index (Phi) is 4.00. The highest BCUT2D eigenvalue weighted by molar-refractivity contribution is 6.06. The number of likely N-dealkylation sites (tertiary alicyclic amines) is 1. The average Bonchev–Trinajstić information content (AvgIpc) is 2.94. The molecule has 2 atom stereocenters. The first-order valence-electron chi connectivity index (χ1n) is 7.48. The van der Waals surface area contributed by atoms with Gasteiger partial charge in [0.2, 0.25) is 11.8 Å². The largest absolute Gasteiger partial charge is 0.328 e. The summed E-state index contributed by atoms with van der Waals surface area (Å²) in [6, 6.07) is -0.0805. The molecule has 1 heterocycles. The molecular weight excluding hydrogens is 240 g/mol. The highest BCUT2D eigenvalue weighted by atomic mass is 16.2. The summed E-state index contributed by atoms with van der Waals surface area (Å²) in [6.45, 7) is 6.35. The fraction of sp³-hybridized carbons (Fsp3) is 0.867. The van der Waals surface area contributed by atoms with Crippen LogP contribution in [0.3, 0.4) is 0 Å². The molecule has 1 aliphatic carbocycles. The van der Waals surface area contributed by atoms with E-state index >= 15 is 0 Å². The Morgan fingerprint density at radius 1 is 1.32 bits per heavy atom. The molecule has 1 saturated heterocycles. The molecule has 2 aliphatic rings. The minimum atomic E-state index is -0.539. The van der Waals surface area contributed by atoms with Crippen molar-refractivity contribution in [3.63, 3.8) is 0 Å². The first-order chi connectivity index (χ1) is 8.91. The van der Waals surface area contributed by atoms with Gasteiger partial charge in [-0.2, -0.15) is 0 Å². The number of hydrogen-bond acceptors (Lipinski definition) is 3. The van der Waals surface area contributed by atoms with E-state index in [0.717, 1.165) is 12.8 Å². The summed E-state index contributed by atoms with van der Waals surface area (Å²) in [7, 11) is 0. The van der Waals surface area contributed by atoms with Crippen molar-refractivity contribution < 1.29 is 9.59 Å². The molecule has 2 amide bonds. The molecule has 0 radical (unpaired) electrons. The number of amides is 2. The Morgan fingerprint density at radius 3 is 2.32 bits per heavy atom. The Hall–Kier alpha value is -0.900. The predicted molar refractivity (Wildman–Crippen MR) is 74.2 cm³/mol. The lowest BCUT2D eigenvalue weighted by Crippen LogP contribution is -2.49. The molecule has 2 N–H and O–H groups in total. The van der Waals surface area contributed by atoms with Gasteiger partial charge in [-0.15, -0.1) is 0 Å². The lowest BCUT2D eigenvalue weighted by molar-refractivity contribution is -0.145. The van der Waals surface area contributed by atoms with Crippen LogP contribution in [0.2, 0.25) is 0 Å². The number of carbonyl (C=O) groups excluding carboxylic acids is 2. The minimum Gasteiger partial charge on any atom is -0.328 e. The second-order valence-electron chi connectivity index (χ2n) is 6.67. The van der Waals surface area contributed by atoms with E-state index in [4.69, 9.17) is 5.73 Å². The average molecular weight is 266 g/mol. The molecule has 4 nitrogen and oxygen atoms in total. The van der Waals surface area contributed by atoms with Crippen LogP contribution in [0.25, 0.3) is 0 Å². The van der Waals surface area contributed by atoms with Gasteiger partial charge in [-0.05, 0) is 31.6 Å². The summed E-state index contributed by atoms with van der Waals surface area (Å²) in [5, 5.41) is 0. The number of nitrogens with zero attached hydrogens (tertiary/aromatic N) is 1. The van der Waals surface area contributed by atoms with E-state index in [1.54, 1.807) is 0 Å². The van der Waals surface area contributed by atoms with E-state index in [9.17, 15) is 9.59 Å². The van der Waals surface area contributed by atoms with Crippen molar-refractivity contribution in [3.8, 4) is 0 Å². The third-order valence-corrected chi connectivity index (χ3v) is 5.29. The third kappa shape index (κ3) is 2.31. The van der Waals surface area contributed by atoms with Crippen molar-refractivity contribution in [2.75, 3.05) is 6.54 Å². The Balaban J connectivity index is 2.23. The van der Waals surface area contributed by atoms with Crippen LogP contribution in [0.1, 0.15) is 52.9 Å². The van der Waals surface area contributed by atoms with E-state index in [-0.39, 0.29) is 23.8 Å². The zero-order chi connectivity index (χ0) is 14.2. The Bertz CT molecular complexity index is 374. The maximum absolute atomic E-state index is 12.7. The molecule has 0 aromatic heterocycles. The number of carbonyl (C=O) groups is 2. The van der Waals surface area contributed by atoms with E-state index in [1.807, 2.05) is 20.8 Å². The first-order valence-corrected chi connectivity index (χ1v) is 7.48. The van der Waals surface area contributed by atoms with Crippen LogP contribution in [0.15, 0.2) is 0 Å². The minimum absolute atomic E-state index is 0.00477. The summed E-state index contributed by atoms with van der Waals surface area (Å²) in [5.41, 5.74) is 5.34. The van der Waals surface area contributed by atoms with Gasteiger partial charge in [0.1, 0.15) is 0 Å². The first kappa shape index (κ1) is 14.5. The molecule has 2 unspecified atom stereocenters. The molecule has 4 heteroatoms. The number of hydrogen-bond donors (Lipinski definition) is 1. The van der Waals surface area contributed by atoms with Gasteiger partial charge in [0, 0.05) is 13.0 Å². The Labute approximate surface area is 115 Å². The van der Waals surface area contributed by atoms with Crippen LogP contribution in [0.4, 0.5) is 0 Å². The molecule has 0 spiro atoms. The van der Waals surface area contributed by atoms with Crippen LogP contribution in [-0.2, 0) is 9.59 Å². The van der Waals surface area contributed by atoms with Crippen molar-refractivity contribution in [1.82, 2.24) is 4.90 Å². The van der Waals surface area contributed by atoms with E-state index in [0.29, 0.717) is 18.9 Å². The number of rotatable bonds is 4. The lowest BCUT2D eigenvalue weighted by Gasteiger charge is -2.33. The zero-order valence-corrected chi connectivity index (χ0v) is 12.3. The quantitative estimate of drug-likeness (QED) is 0.791. The summed E-state index contributed by atoms with van der Waals surface area (Å²) in [4.78, 5) is 26.5. The highest BCUT2D eigenvalue weighted by Gasteiger charge is 2.52. The molecule has 0 aromatic carbocycles. The van der Waals surface area contributed by atoms with E-state index in [1.165, 1.54) is 17.7 Å². The number of imide groups is 1. The number of nitrogens with two attached hydrogens (primary N) is 1. The molecule has 0 aromatic rings. The summed E-state index contributed by atoms with van der Waals surface area (Å²) in [5.74, 6) is 0.557. The van der Waals surface area contributed by atoms with Gasteiger partial charge in [0.25, 0.3) is 0 Å². The predicted octanol–water partition coefficient (Wildman–Crippen LogP) is 1.93. The van der Waals surface area contributed by atoms with Crippen molar-refractivity contribution in [2.45, 2.75) is 58.9 Å². The van der Waals surface area contributed by atoms with Crippen LogP contribution in [0, 0.1) is 17.3 Å². The Morgan fingerprint density at radius 2 is 1.89 bits per heavy atom. The summed E-state index contributed by atoms with van der Waals surface area (Å²) < 4.78 is 0. The van der Waals surface area contributed by atoms with Crippen molar-refractivity contribution in [2.24, 2.45) is 23.0 Å². The molecular formula is C15H26N2O2. The molecule has 1 saturated carbocycles. The van der Waals surface area contributed by atoms with Gasteiger partial charge in [0.05, 0.1) is 11.5 Å². The molecule has 0 bridgehead atoms.